The van der Waals surface area contributed by atoms with Crippen LogP contribution in [0.4, 0.5) is 18.9 Å². The van der Waals surface area contributed by atoms with Gasteiger partial charge in [-0.1, -0.05) is 6.07 Å². The van der Waals surface area contributed by atoms with Gasteiger partial charge in [0.05, 0.1) is 29.2 Å². The van der Waals surface area contributed by atoms with Gasteiger partial charge in [0.25, 0.3) is 0 Å². The first kappa shape index (κ1) is 19.8. The van der Waals surface area contributed by atoms with Crippen molar-refractivity contribution in [2.24, 2.45) is 10.8 Å². The van der Waals surface area contributed by atoms with Crippen molar-refractivity contribution < 1.29 is 17.9 Å². The fraction of sp³-hybridized carbons (Fsp3) is 0.294. The summed E-state index contributed by atoms with van der Waals surface area (Å²) in [5.74, 6) is -0.0190. The zero-order valence-corrected chi connectivity index (χ0v) is 14.8. The summed E-state index contributed by atoms with van der Waals surface area (Å²) in [6, 6.07) is 6.64. The van der Waals surface area contributed by atoms with Crippen molar-refractivity contribution in [3.8, 4) is 6.07 Å². The van der Waals surface area contributed by atoms with Gasteiger partial charge in [0, 0.05) is 5.57 Å². The number of anilines is 1. The van der Waals surface area contributed by atoms with Crippen molar-refractivity contribution in [2.45, 2.75) is 25.6 Å². The molecule has 0 spiro atoms. The predicted octanol–water partition coefficient (Wildman–Crippen LogP) is 3.73. The van der Waals surface area contributed by atoms with Gasteiger partial charge in [0.1, 0.15) is 17.5 Å². The minimum Gasteiger partial charge on any atom is -0.383 e. The number of hydrogen-bond donors (Lipinski definition) is 1. The molecule has 138 valence electrons. The van der Waals surface area contributed by atoms with E-state index >= 15 is 0 Å². The summed E-state index contributed by atoms with van der Waals surface area (Å²) in [5, 5.41) is 14.9. The fourth-order valence-corrected chi connectivity index (χ4v) is 2.65. The molecule has 2 aliphatic heterocycles. The predicted molar refractivity (Wildman–Crippen MR) is 93.5 cm³/mol. The van der Waals surface area contributed by atoms with E-state index in [-0.39, 0.29) is 36.1 Å². The minimum absolute atomic E-state index is 0. The average Bonchev–Trinajstić information content (AvgIpc) is 2.53. The lowest BCUT2D eigenvalue weighted by Crippen LogP contribution is -2.39. The van der Waals surface area contributed by atoms with E-state index in [2.05, 4.69) is 5.10 Å². The quantitative estimate of drug-likeness (QED) is 0.800. The Kier molecular flexibility index (Phi) is 5.08. The van der Waals surface area contributed by atoms with Gasteiger partial charge in [-0.25, -0.2) is 5.01 Å². The summed E-state index contributed by atoms with van der Waals surface area (Å²) < 4.78 is 44.5. The second-order valence-corrected chi connectivity index (χ2v) is 6.23. The number of nitrogens with zero attached hydrogens (tertiary/aromatic N) is 3. The molecule has 1 aromatic rings. The first-order chi connectivity index (χ1) is 11.6. The maximum atomic E-state index is 13.0. The van der Waals surface area contributed by atoms with Crippen molar-refractivity contribution in [1.29, 1.82) is 5.26 Å². The summed E-state index contributed by atoms with van der Waals surface area (Å²) in [5.41, 5.74) is 5.91. The van der Waals surface area contributed by atoms with E-state index in [9.17, 15) is 18.4 Å². The molecule has 0 unspecified atom stereocenters. The molecule has 0 aliphatic carbocycles. The lowest BCUT2D eigenvalue weighted by molar-refractivity contribution is -0.137. The lowest BCUT2D eigenvalue weighted by atomic mass is 9.92. The normalized spacial score (nSPS) is 19.0. The average molecular weight is 385 g/mol. The van der Waals surface area contributed by atoms with E-state index in [1.165, 1.54) is 12.1 Å². The van der Waals surface area contributed by atoms with Gasteiger partial charge in [-0.15, -0.1) is 12.4 Å². The topological polar surface area (TPSA) is 74.6 Å². The largest absolute Gasteiger partial charge is 0.416 e. The minimum atomic E-state index is -4.49. The van der Waals surface area contributed by atoms with Gasteiger partial charge in [0.2, 0.25) is 0 Å². The van der Waals surface area contributed by atoms with Crippen LogP contribution in [0.25, 0.3) is 0 Å². The Morgan fingerprint density at radius 1 is 1.35 bits per heavy atom. The highest BCUT2D eigenvalue weighted by Crippen LogP contribution is 2.35. The molecule has 2 aliphatic rings. The molecule has 0 radical (unpaired) electrons. The number of alkyl halides is 3. The zero-order valence-electron chi connectivity index (χ0n) is 14.0. The standard InChI is InChI=1S/C17H15F3N4O.ClH/c1-16(2)7-12-13(8-21)15(22)24(23-14(12)9-25-16)11-5-3-4-10(6-11)17(18,19)20;/h3-7H,9,22H2,1-2H3;1H. The number of benzene rings is 1. The van der Waals surface area contributed by atoms with Crippen molar-refractivity contribution in [3.05, 3.63) is 52.9 Å². The fourth-order valence-electron chi connectivity index (χ4n) is 2.65. The first-order valence-corrected chi connectivity index (χ1v) is 7.45. The Hall–Kier alpha value is -2.50. The van der Waals surface area contributed by atoms with Crippen LogP contribution in [-0.4, -0.2) is 17.9 Å². The zero-order chi connectivity index (χ0) is 18.4. The Labute approximate surface area is 154 Å². The van der Waals surface area contributed by atoms with Gasteiger partial charge in [-0.3, -0.25) is 0 Å². The van der Waals surface area contributed by atoms with E-state index in [0.29, 0.717) is 11.3 Å². The van der Waals surface area contributed by atoms with Gasteiger partial charge >= 0.3 is 6.18 Å². The number of hydrazone groups is 1. The molecule has 3 rings (SSSR count). The summed E-state index contributed by atoms with van der Waals surface area (Å²) in [6.07, 6.45) is -2.75. The van der Waals surface area contributed by atoms with E-state index in [4.69, 9.17) is 10.5 Å². The molecule has 0 saturated heterocycles. The molecule has 0 fully saturated rings. The van der Waals surface area contributed by atoms with Crippen molar-refractivity contribution in [1.82, 2.24) is 0 Å². The summed E-state index contributed by atoms with van der Waals surface area (Å²) in [7, 11) is 0. The second-order valence-electron chi connectivity index (χ2n) is 6.23. The van der Waals surface area contributed by atoms with Crippen LogP contribution in [0.1, 0.15) is 19.4 Å². The third kappa shape index (κ3) is 3.54. The molecule has 0 atom stereocenters. The van der Waals surface area contributed by atoms with Crippen molar-refractivity contribution >= 4 is 23.8 Å². The molecule has 0 aromatic heterocycles. The molecular formula is C17H16ClF3N4O. The number of fused-ring (bicyclic) bond motifs is 1. The number of hydrogen-bond acceptors (Lipinski definition) is 5. The third-order valence-corrected chi connectivity index (χ3v) is 3.89. The SMILES string of the molecule is CC1(C)C=C2C(=NN(c3cccc(C(F)(F)F)c3)C(N)=C2C#N)CO1.Cl. The molecular weight excluding hydrogens is 369 g/mol. The van der Waals surface area contributed by atoms with Crippen LogP contribution in [-0.2, 0) is 10.9 Å². The number of allylic oxidation sites excluding steroid dienone is 1. The van der Waals surface area contributed by atoms with Crippen LogP contribution in [0.2, 0.25) is 0 Å². The Morgan fingerprint density at radius 2 is 2.04 bits per heavy atom. The highest BCUT2D eigenvalue weighted by atomic mass is 35.5. The number of halogens is 4. The third-order valence-electron chi connectivity index (χ3n) is 3.89. The number of nitriles is 1. The number of nitrogens with two attached hydrogens (primary N) is 1. The second kappa shape index (κ2) is 6.67. The molecule has 0 saturated carbocycles. The maximum Gasteiger partial charge on any atom is 0.416 e. The van der Waals surface area contributed by atoms with Gasteiger partial charge in [0.15, 0.2) is 0 Å². The molecule has 0 amide bonds. The van der Waals surface area contributed by atoms with Crippen LogP contribution in [0.3, 0.4) is 0 Å². The van der Waals surface area contributed by atoms with Gasteiger partial charge in [-0.05, 0) is 38.1 Å². The molecule has 2 heterocycles. The first-order valence-electron chi connectivity index (χ1n) is 7.45. The summed E-state index contributed by atoms with van der Waals surface area (Å²) >= 11 is 0. The molecule has 1 aromatic carbocycles. The summed E-state index contributed by atoms with van der Waals surface area (Å²) in [6.45, 7) is 3.80. The molecule has 9 heteroatoms. The van der Waals surface area contributed by atoms with E-state index in [1.807, 2.05) is 19.9 Å². The molecule has 26 heavy (non-hydrogen) atoms. The molecule has 2 N–H and O–H groups in total. The van der Waals surface area contributed by atoms with E-state index in [1.54, 1.807) is 6.08 Å². The highest BCUT2D eigenvalue weighted by Gasteiger charge is 2.35. The van der Waals surface area contributed by atoms with Crippen LogP contribution in [0.15, 0.2) is 52.4 Å². The Balaban J connectivity index is 0.00000243. The van der Waals surface area contributed by atoms with Crippen molar-refractivity contribution in [3.63, 3.8) is 0 Å². The maximum absolute atomic E-state index is 13.0. The van der Waals surface area contributed by atoms with Crippen molar-refractivity contribution in [2.75, 3.05) is 11.6 Å². The lowest BCUT2D eigenvalue weighted by Gasteiger charge is -2.34. The smallest absolute Gasteiger partial charge is 0.383 e. The van der Waals surface area contributed by atoms with E-state index in [0.717, 1.165) is 17.1 Å². The van der Waals surface area contributed by atoms with Crippen LogP contribution >= 0.6 is 12.4 Å². The number of ether oxygens (including phenoxy) is 1. The Morgan fingerprint density at radius 3 is 2.65 bits per heavy atom. The van der Waals surface area contributed by atoms with Gasteiger partial charge < -0.3 is 10.5 Å². The van der Waals surface area contributed by atoms with Gasteiger partial charge in [-0.2, -0.15) is 23.5 Å². The monoisotopic (exact) mass is 384 g/mol. The molecule has 0 bridgehead atoms. The Bertz CT molecular complexity index is 865. The van der Waals surface area contributed by atoms with Crippen LogP contribution < -0.4 is 10.7 Å². The van der Waals surface area contributed by atoms with Crippen LogP contribution in [0, 0.1) is 11.3 Å². The summed E-state index contributed by atoms with van der Waals surface area (Å²) in [4.78, 5) is 0. The number of rotatable bonds is 1. The van der Waals surface area contributed by atoms with E-state index < -0.39 is 17.3 Å². The molecule has 5 nitrogen and oxygen atoms in total. The highest BCUT2D eigenvalue weighted by molar-refractivity contribution is 6.08. The van der Waals surface area contributed by atoms with Crippen LogP contribution in [0.5, 0.6) is 0 Å².